The summed E-state index contributed by atoms with van der Waals surface area (Å²) in [7, 11) is 0. The minimum Gasteiger partial charge on any atom is -0.388 e. The molecule has 0 aromatic carbocycles. The summed E-state index contributed by atoms with van der Waals surface area (Å²) in [6.45, 7) is 22.7. The van der Waals surface area contributed by atoms with Crippen LogP contribution in [0.4, 0.5) is 0 Å². The van der Waals surface area contributed by atoms with Crippen molar-refractivity contribution in [2.75, 3.05) is 0 Å². The smallest absolute Gasteiger partial charge is 0.187 e. The molecule has 0 bridgehead atoms. The fourth-order valence-electron chi connectivity index (χ4n) is 14.0. The largest absolute Gasteiger partial charge is 0.388 e. The van der Waals surface area contributed by atoms with Gasteiger partial charge in [0.05, 0.1) is 36.6 Å². The van der Waals surface area contributed by atoms with Gasteiger partial charge in [0, 0.05) is 5.92 Å². The van der Waals surface area contributed by atoms with E-state index in [4.69, 9.17) is 28.4 Å². The van der Waals surface area contributed by atoms with Crippen molar-refractivity contribution in [3.8, 4) is 0 Å². The highest BCUT2D eigenvalue weighted by Gasteiger charge is 2.69. The second-order valence-electron chi connectivity index (χ2n) is 22.4. The molecule has 3 saturated carbocycles. The molecule has 7 aliphatic rings. The van der Waals surface area contributed by atoms with E-state index in [1.165, 1.54) is 5.57 Å². The van der Waals surface area contributed by atoms with Gasteiger partial charge in [-0.1, -0.05) is 64.8 Å². The van der Waals surface area contributed by atoms with E-state index >= 15 is 0 Å². The SMILES string of the molecule is CC(C)=CC(CC(C)C1CCC2(C)C3=CCC4C(C)(C)C(OC5OC(C)C(O)C(O)C5O)CCC4(C)C3C(OC3OC(C)C(O)C(O)C3O)CC12C)OC1OC(C)C(O)C(O)C1O. The lowest BCUT2D eigenvalue weighted by Crippen LogP contribution is -2.65. The van der Waals surface area contributed by atoms with Gasteiger partial charge in [0.2, 0.25) is 0 Å². The van der Waals surface area contributed by atoms with Gasteiger partial charge < -0.3 is 74.4 Å². The summed E-state index contributed by atoms with van der Waals surface area (Å²) in [5.74, 6) is 0.258. The Morgan fingerprint density at radius 1 is 0.698 bits per heavy atom. The van der Waals surface area contributed by atoms with E-state index in [-0.39, 0.29) is 46.0 Å². The molecular weight excluding hydrogens is 817 g/mol. The lowest BCUT2D eigenvalue weighted by molar-refractivity contribution is -0.328. The van der Waals surface area contributed by atoms with Crippen molar-refractivity contribution in [2.24, 2.45) is 45.3 Å². The van der Waals surface area contributed by atoms with E-state index in [2.05, 4.69) is 47.6 Å². The first-order chi connectivity index (χ1) is 29.3. The van der Waals surface area contributed by atoms with Crippen LogP contribution in [0.2, 0.25) is 0 Å². The van der Waals surface area contributed by atoms with Crippen molar-refractivity contribution in [3.63, 3.8) is 0 Å². The third-order valence-corrected chi connectivity index (χ3v) is 17.9. The number of allylic oxidation sites excluding steroid dienone is 2. The molecule has 3 aliphatic heterocycles. The molecule has 0 aromatic rings. The lowest BCUT2D eigenvalue weighted by Gasteiger charge is -2.66. The van der Waals surface area contributed by atoms with E-state index in [1.807, 2.05) is 19.9 Å². The lowest BCUT2D eigenvalue weighted by atomic mass is 9.40. The second-order valence-corrected chi connectivity index (χ2v) is 22.4. The molecule has 63 heavy (non-hydrogen) atoms. The summed E-state index contributed by atoms with van der Waals surface area (Å²) in [6, 6.07) is 0. The Bertz CT molecular complexity index is 1670. The third kappa shape index (κ3) is 8.47. The van der Waals surface area contributed by atoms with Gasteiger partial charge in [-0.25, -0.2) is 0 Å². The van der Waals surface area contributed by atoms with Gasteiger partial charge in [-0.05, 0) is 119 Å². The predicted molar refractivity (Wildman–Crippen MR) is 229 cm³/mol. The quantitative estimate of drug-likeness (QED) is 0.144. The van der Waals surface area contributed by atoms with Crippen LogP contribution in [0, 0.1) is 45.3 Å². The number of fused-ring (bicyclic) bond motifs is 5. The van der Waals surface area contributed by atoms with Gasteiger partial charge in [-0.2, -0.15) is 0 Å². The van der Waals surface area contributed by atoms with Gasteiger partial charge >= 0.3 is 0 Å². The maximum Gasteiger partial charge on any atom is 0.187 e. The van der Waals surface area contributed by atoms with Crippen LogP contribution >= 0.6 is 0 Å². The molecule has 7 rings (SSSR count). The number of aliphatic hydroxyl groups is 9. The molecule has 0 amide bonds. The minimum atomic E-state index is -1.48. The fourth-order valence-corrected chi connectivity index (χ4v) is 14.0. The number of hydrogen-bond donors (Lipinski definition) is 9. The Morgan fingerprint density at radius 3 is 1.75 bits per heavy atom. The van der Waals surface area contributed by atoms with Gasteiger partial charge in [0.1, 0.15) is 54.9 Å². The zero-order chi connectivity index (χ0) is 46.5. The van der Waals surface area contributed by atoms with Gasteiger partial charge in [-0.15, -0.1) is 0 Å². The molecule has 15 nitrogen and oxygen atoms in total. The highest BCUT2D eigenvalue weighted by molar-refractivity contribution is 5.35. The van der Waals surface area contributed by atoms with Crippen molar-refractivity contribution < 1.29 is 74.4 Å². The molecule has 3 heterocycles. The monoisotopic (exact) mass is 897 g/mol. The first-order valence-electron chi connectivity index (χ1n) is 23.7. The van der Waals surface area contributed by atoms with Crippen molar-refractivity contribution in [2.45, 2.75) is 232 Å². The number of ether oxygens (including phenoxy) is 6. The minimum absolute atomic E-state index is 0.0755. The van der Waals surface area contributed by atoms with Crippen LogP contribution in [0.5, 0.6) is 0 Å². The normalized spacial score (nSPS) is 53.0. The van der Waals surface area contributed by atoms with Crippen LogP contribution in [0.1, 0.15) is 121 Å². The Hall–Kier alpha value is -1.12. The van der Waals surface area contributed by atoms with E-state index < -0.39 is 110 Å². The molecular formula is C48H80O15. The maximum absolute atomic E-state index is 11.4. The second kappa shape index (κ2) is 18.1. The summed E-state index contributed by atoms with van der Waals surface area (Å²) < 4.78 is 38.1. The third-order valence-electron chi connectivity index (χ3n) is 17.9. The predicted octanol–water partition coefficient (Wildman–Crippen LogP) is 2.83. The van der Waals surface area contributed by atoms with Crippen LogP contribution in [-0.2, 0) is 28.4 Å². The summed E-state index contributed by atoms with van der Waals surface area (Å²) in [4.78, 5) is 0. The summed E-state index contributed by atoms with van der Waals surface area (Å²) in [5.41, 5.74) is 1.03. The Kier molecular flexibility index (Phi) is 14.3. The number of aliphatic hydroxyl groups excluding tert-OH is 9. The maximum atomic E-state index is 11.4. The van der Waals surface area contributed by atoms with Crippen molar-refractivity contribution in [1.82, 2.24) is 0 Å². The van der Waals surface area contributed by atoms with E-state index in [9.17, 15) is 46.0 Å². The standard InChI is InChI=1S/C48H80O15/c1-21(2)18-26(61-42-39(55)36(52)33(49)23(4)58-42)19-22(3)27-14-17-47(10)28-12-13-30-45(7,8)31(63-44-41(57)38(54)35(51)25(6)60-44)15-16-46(30,9)32(28)29(20-48(27,47)11)62-43-40(56)37(53)34(50)24(5)59-43/h12,18,22-27,29-44,49-57H,13-17,19-20H2,1-11H3. The molecule has 362 valence electrons. The molecule has 4 aliphatic carbocycles. The van der Waals surface area contributed by atoms with Crippen LogP contribution in [0.25, 0.3) is 0 Å². The van der Waals surface area contributed by atoms with Gasteiger partial charge in [0.25, 0.3) is 0 Å². The highest BCUT2D eigenvalue weighted by atomic mass is 16.7. The zero-order valence-corrected chi connectivity index (χ0v) is 39.3. The Balaban J connectivity index is 1.20. The Labute approximate surface area is 373 Å². The first-order valence-corrected chi connectivity index (χ1v) is 23.7. The average molecular weight is 897 g/mol. The first kappa shape index (κ1) is 49.8. The molecule has 0 aromatic heterocycles. The molecule has 15 heteroatoms. The van der Waals surface area contributed by atoms with Crippen molar-refractivity contribution in [3.05, 3.63) is 23.3 Å². The molecule has 0 radical (unpaired) electrons. The fraction of sp³-hybridized carbons (Fsp3) is 0.917. The van der Waals surface area contributed by atoms with Gasteiger partial charge in [-0.3, -0.25) is 0 Å². The van der Waals surface area contributed by atoms with Crippen LogP contribution in [0.3, 0.4) is 0 Å². The Morgan fingerprint density at radius 2 is 1.21 bits per heavy atom. The molecule has 3 saturated heterocycles. The van der Waals surface area contributed by atoms with E-state index in [0.717, 1.165) is 31.3 Å². The molecule has 0 spiro atoms. The number of hydrogen-bond acceptors (Lipinski definition) is 15. The molecule has 25 atom stereocenters. The highest BCUT2D eigenvalue weighted by Crippen LogP contribution is 2.74. The van der Waals surface area contributed by atoms with Crippen molar-refractivity contribution >= 4 is 0 Å². The average Bonchev–Trinajstić information content (AvgIpc) is 3.49. The molecule has 6 fully saturated rings. The topological polar surface area (TPSA) is 237 Å². The van der Waals surface area contributed by atoms with Crippen LogP contribution in [-0.4, -0.2) is 156 Å². The zero-order valence-electron chi connectivity index (χ0n) is 39.3. The van der Waals surface area contributed by atoms with Crippen molar-refractivity contribution in [1.29, 1.82) is 0 Å². The number of rotatable bonds is 10. The van der Waals surface area contributed by atoms with Crippen LogP contribution in [0.15, 0.2) is 23.3 Å². The summed E-state index contributed by atoms with van der Waals surface area (Å²) in [5, 5.41) is 96.7. The van der Waals surface area contributed by atoms with E-state index in [1.54, 1.807) is 20.8 Å². The summed E-state index contributed by atoms with van der Waals surface area (Å²) in [6.07, 6.45) is -9.53. The molecule has 25 unspecified atom stereocenters. The van der Waals surface area contributed by atoms with Crippen LogP contribution < -0.4 is 0 Å². The van der Waals surface area contributed by atoms with E-state index in [0.29, 0.717) is 19.3 Å². The van der Waals surface area contributed by atoms with Gasteiger partial charge in [0.15, 0.2) is 18.9 Å². The summed E-state index contributed by atoms with van der Waals surface area (Å²) >= 11 is 0. The molecule has 9 N–H and O–H groups in total.